The Morgan fingerprint density at radius 2 is 2.09 bits per heavy atom. The monoisotopic (exact) mass is 148 g/mol. The lowest BCUT2D eigenvalue weighted by molar-refractivity contribution is 0.415. The van der Waals surface area contributed by atoms with E-state index in [9.17, 15) is 0 Å². The van der Waals surface area contributed by atoms with Gasteiger partial charge in [0.1, 0.15) is 6.10 Å². The van der Waals surface area contributed by atoms with Gasteiger partial charge in [0.25, 0.3) is 0 Å². The smallest absolute Gasteiger partial charge is 0.106 e. The van der Waals surface area contributed by atoms with E-state index in [0.29, 0.717) is 6.10 Å². The van der Waals surface area contributed by atoms with Crippen molar-refractivity contribution in [1.82, 2.24) is 0 Å². The zero-order valence-corrected chi connectivity index (χ0v) is 6.92. The van der Waals surface area contributed by atoms with Crippen molar-refractivity contribution < 1.29 is 4.74 Å². The molecule has 0 amide bonds. The van der Waals surface area contributed by atoms with Crippen LogP contribution in [0.5, 0.6) is 0 Å². The molecule has 0 saturated carbocycles. The number of rotatable bonds is 1. The molecule has 0 bridgehead atoms. The topological polar surface area (TPSA) is 12.5 Å². The third kappa shape index (κ3) is 1.16. The van der Waals surface area contributed by atoms with Gasteiger partial charge in [0, 0.05) is 0 Å². The van der Waals surface area contributed by atoms with Gasteiger partial charge in [-0.25, -0.2) is 0 Å². The van der Waals surface area contributed by atoms with Crippen LogP contribution in [0.4, 0.5) is 0 Å². The van der Waals surface area contributed by atoms with E-state index in [4.69, 9.17) is 4.74 Å². The van der Waals surface area contributed by atoms with E-state index in [1.807, 2.05) is 0 Å². The molecule has 1 aromatic rings. The lowest BCUT2D eigenvalue weighted by atomic mass is 10.0. The van der Waals surface area contributed by atoms with Gasteiger partial charge in [-0.1, -0.05) is 18.2 Å². The second-order valence-electron chi connectivity index (χ2n) is 3.11. The van der Waals surface area contributed by atoms with Crippen molar-refractivity contribution in [3.8, 4) is 0 Å². The highest BCUT2D eigenvalue weighted by Gasteiger charge is 2.26. The molecule has 11 heavy (non-hydrogen) atoms. The van der Waals surface area contributed by atoms with Gasteiger partial charge in [0.05, 0.1) is 6.61 Å². The van der Waals surface area contributed by atoms with E-state index in [1.165, 1.54) is 16.7 Å². The number of ether oxygens (including phenoxy) is 1. The van der Waals surface area contributed by atoms with Crippen LogP contribution >= 0.6 is 0 Å². The third-order valence-corrected chi connectivity index (χ3v) is 2.33. The van der Waals surface area contributed by atoms with Crippen LogP contribution in [0.25, 0.3) is 0 Å². The van der Waals surface area contributed by atoms with Crippen LogP contribution in [0.15, 0.2) is 18.2 Å². The van der Waals surface area contributed by atoms with E-state index < -0.39 is 0 Å². The lowest BCUT2D eigenvalue weighted by Crippen LogP contribution is -1.89. The fraction of sp³-hybridized carbons (Fsp3) is 0.400. The molecule has 0 radical (unpaired) electrons. The van der Waals surface area contributed by atoms with Crippen molar-refractivity contribution in [2.45, 2.75) is 20.0 Å². The summed E-state index contributed by atoms with van der Waals surface area (Å²) in [6.45, 7) is 5.21. The number of aryl methyl sites for hydroxylation is 1. The Balaban J connectivity index is 2.45. The average Bonchev–Trinajstić information content (AvgIpc) is 2.77. The van der Waals surface area contributed by atoms with E-state index in [0.717, 1.165) is 6.61 Å². The number of epoxide rings is 1. The van der Waals surface area contributed by atoms with Gasteiger partial charge in [-0.3, -0.25) is 0 Å². The Labute approximate surface area is 67.0 Å². The summed E-state index contributed by atoms with van der Waals surface area (Å²) in [5.41, 5.74) is 4.11. The van der Waals surface area contributed by atoms with E-state index in [1.54, 1.807) is 0 Å². The summed E-state index contributed by atoms with van der Waals surface area (Å²) in [5.74, 6) is 0. The van der Waals surface area contributed by atoms with Crippen LogP contribution in [0, 0.1) is 13.8 Å². The first-order chi connectivity index (χ1) is 5.29. The Kier molecular flexibility index (Phi) is 1.46. The zero-order valence-electron chi connectivity index (χ0n) is 6.92. The summed E-state index contributed by atoms with van der Waals surface area (Å²) in [4.78, 5) is 0. The van der Waals surface area contributed by atoms with Crippen molar-refractivity contribution in [2.24, 2.45) is 0 Å². The maximum atomic E-state index is 5.23. The molecular weight excluding hydrogens is 136 g/mol. The highest BCUT2D eigenvalue weighted by molar-refractivity contribution is 5.35. The molecule has 2 rings (SSSR count). The lowest BCUT2D eigenvalue weighted by Gasteiger charge is -2.04. The molecule has 0 unspecified atom stereocenters. The summed E-state index contributed by atoms with van der Waals surface area (Å²) < 4.78 is 5.23. The minimum atomic E-state index is 0.398. The summed E-state index contributed by atoms with van der Waals surface area (Å²) >= 11 is 0. The van der Waals surface area contributed by atoms with Gasteiger partial charge in [-0.2, -0.15) is 0 Å². The molecule has 1 fully saturated rings. The zero-order chi connectivity index (χ0) is 7.84. The van der Waals surface area contributed by atoms with E-state index in [2.05, 4.69) is 32.0 Å². The minimum absolute atomic E-state index is 0.398. The molecule has 58 valence electrons. The summed E-state index contributed by atoms with van der Waals surface area (Å²) in [7, 11) is 0. The molecule has 0 N–H and O–H groups in total. The summed E-state index contributed by atoms with van der Waals surface area (Å²) in [6, 6.07) is 6.39. The molecule has 1 nitrogen and oxygen atoms in total. The van der Waals surface area contributed by atoms with Crippen LogP contribution in [-0.4, -0.2) is 6.61 Å². The van der Waals surface area contributed by atoms with Gasteiger partial charge < -0.3 is 4.74 Å². The standard InChI is InChI=1S/C10H12O/c1-7-4-3-5-9(8(7)2)10-6-11-10/h3-5,10H,6H2,1-2H3/t10-/m1/s1. The first-order valence-corrected chi connectivity index (χ1v) is 3.97. The van der Waals surface area contributed by atoms with Crippen LogP contribution in [-0.2, 0) is 4.74 Å². The van der Waals surface area contributed by atoms with Crippen molar-refractivity contribution in [3.05, 3.63) is 34.9 Å². The maximum Gasteiger partial charge on any atom is 0.106 e. The molecule has 1 aliphatic rings. The Morgan fingerprint density at radius 1 is 1.36 bits per heavy atom. The highest BCUT2D eigenvalue weighted by atomic mass is 16.6. The van der Waals surface area contributed by atoms with Gasteiger partial charge >= 0.3 is 0 Å². The average molecular weight is 148 g/mol. The Bertz CT molecular complexity index is 274. The third-order valence-electron chi connectivity index (χ3n) is 2.33. The van der Waals surface area contributed by atoms with Crippen molar-refractivity contribution >= 4 is 0 Å². The molecular formula is C10H12O. The quantitative estimate of drug-likeness (QED) is 0.557. The van der Waals surface area contributed by atoms with Crippen molar-refractivity contribution in [3.63, 3.8) is 0 Å². The molecule has 1 heteroatoms. The molecule has 1 atom stereocenters. The van der Waals surface area contributed by atoms with E-state index in [-0.39, 0.29) is 0 Å². The highest BCUT2D eigenvalue weighted by Crippen LogP contribution is 2.32. The number of hydrogen-bond acceptors (Lipinski definition) is 1. The maximum absolute atomic E-state index is 5.23. The van der Waals surface area contributed by atoms with Crippen molar-refractivity contribution in [2.75, 3.05) is 6.61 Å². The number of benzene rings is 1. The summed E-state index contributed by atoms with van der Waals surface area (Å²) in [6.07, 6.45) is 0.398. The summed E-state index contributed by atoms with van der Waals surface area (Å²) in [5, 5.41) is 0. The van der Waals surface area contributed by atoms with E-state index >= 15 is 0 Å². The van der Waals surface area contributed by atoms with Crippen LogP contribution in [0.3, 0.4) is 0 Å². The normalized spacial score (nSPS) is 21.8. The molecule has 1 saturated heterocycles. The molecule has 0 spiro atoms. The minimum Gasteiger partial charge on any atom is -0.368 e. The molecule has 1 aromatic carbocycles. The number of hydrogen-bond donors (Lipinski definition) is 0. The van der Waals surface area contributed by atoms with Crippen molar-refractivity contribution in [1.29, 1.82) is 0 Å². The van der Waals surface area contributed by atoms with Gasteiger partial charge in [0.15, 0.2) is 0 Å². The van der Waals surface area contributed by atoms with Crippen LogP contribution in [0.2, 0.25) is 0 Å². The van der Waals surface area contributed by atoms with Gasteiger partial charge in [-0.05, 0) is 30.5 Å². The second-order valence-corrected chi connectivity index (χ2v) is 3.11. The molecule has 1 heterocycles. The first kappa shape index (κ1) is 6.86. The largest absolute Gasteiger partial charge is 0.368 e. The van der Waals surface area contributed by atoms with Crippen LogP contribution in [0.1, 0.15) is 22.8 Å². The predicted octanol–water partition coefficient (Wildman–Crippen LogP) is 2.37. The Hall–Kier alpha value is -0.820. The Morgan fingerprint density at radius 3 is 2.73 bits per heavy atom. The van der Waals surface area contributed by atoms with Gasteiger partial charge in [0.2, 0.25) is 0 Å². The molecule has 1 aliphatic heterocycles. The van der Waals surface area contributed by atoms with Crippen LogP contribution < -0.4 is 0 Å². The molecule has 0 aromatic heterocycles. The fourth-order valence-electron chi connectivity index (χ4n) is 1.35. The predicted molar refractivity (Wildman–Crippen MR) is 44.6 cm³/mol. The first-order valence-electron chi connectivity index (χ1n) is 3.97. The SMILES string of the molecule is Cc1cccc([C@H]2CO2)c1C. The second kappa shape index (κ2) is 2.35. The van der Waals surface area contributed by atoms with Gasteiger partial charge in [-0.15, -0.1) is 0 Å². The fourth-order valence-corrected chi connectivity index (χ4v) is 1.35. The molecule has 0 aliphatic carbocycles.